The van der Waals surface area contributed by atoms with Gasteiger partial charge < -0.3 is 14.4 Å². The molecule has 16 heavy (non-hydrogen) atoms. The average Bonchev–Trinajstić information content (AvgIpc) is 2.23. The van der Waals surface area contributed by atoms with Crippen LogP contribution in [0.5, 0.6) is 5.75 Å². The zero-order valence-electron chi connectivity index (χ0n) is 9.78. The quantitative estimate of drug-likeness (QED) is 0.719. The Hall–Kier alpha value is -0.580. The van der Waals surface area contributed by atoms with Crippen LogP contribution in [0.15, 0.2) is 28.7 Å². The molecule has 1 aromatic carbocycles. The van der Waals surface area contributed by atoms with Gasteiger partial charge in [0.15, 0.2) is 0 Å². The third kappa shape index (κ3) is 6.10. The number of hydrogen-bond acceptors (Lipinski definition) is 3. The van der Waals surface area contributed by atoms with Crippen molar-refractivity contribution in [2.45, 2.75) is 0 Å². The fourth-order valence-corrected chi connectivity index (χ4v) is 1.50. The van der Waals surface area contributed by atoms with E-state index in [1.165, 1.54) is 0 Å². The van der Waals surface area contributed by atoms with E-state index < -0.39 is 0 Å². The summed E-state index contributed by atoms with van der Waals surface area (Å²) in [6, 6.07) is 7.80. The first kappa shape index (κ1) is 13.5. The van der Waals surface area contributed by atoms with Crippen LogP contribution in [0.1, 0.15) is 0 Å². The monoisotopic (exact) mass is 287 g/mol. The minimum Gasteiger partial charge on any atom is -0.491 e. The predicted octanol–water partition coefficient (Wildman–Crippen LogP) is 2.41. The van der Waals surface area contributed by atoms with Gasteiger partial charge in [-0.25, -0.2) is 0 Å². The van der Waals surface area contributed by atoms with Crippen molar-refractivity contribution in [3.05, 3.63) is 28.7 Å². The second-order valence-electron chi connectivity index (χ2n) is 3.72. The molecular formula is C12H18BrNO2. The van der Waals surface area contributed by atoms with Crippen molar-refractivity contribution in [1.29, 1.82) is 0 Å². The number of nitrogens with zero attached hydrogens (tertiary/aromatic N) is 1. The van der Waals surface area contributed by atoms with Gasteiger partial charge in [0.05, 0.1) is 13.2 Å². The van der Waals surface area contributed by atoms with Crippen LogP contribution >= 0.6 is 15.9 Å². The number of likely N-dealkylation sites (N-methyl/N-ethyl adjacent to an activating group) is 1. The van der Waals surface area contributed by atoms with Crippen LogP contribution in [0.4, 0.5) is 0 Å². The Balaban J connectivity index is 2.07. The molecule has 0 unspecified atom stereocenters. The van der Waals surface area contributed by atoms with Gasteiger partial charge in [-0.1, -0.05) is 22.0 Å². The molecule has 0 atom stereocenters. The van der Waals surface area contributed by atoms with Crippen LogP contribution < -0.4 is 4.74 Å². The lowest BCUT2D eigenvalue weighted by Gasteiger charge is -2.10. The van der Waals surface area contributed by atoms with Gasteiger partial charge in [-0.2, -0.15) is 0 Å². The highest BCUT2D eigenvalue weighted by Gasteiger charge is 1.95. The first-order chi connectivity index (χ1) is 7.68. The molecule has 0 bridgehead atoms. The summed E-state index contributed by atoms with van der Waals surface area (Å²) in [5.74, 6) is 0.866. The topological polar surface area (TPSA) is 21.7 Å². The molecule has 0 aliphatic rings. The lowest BCUT2D eigenvalue weighted by Crippen LogP contribution is -2.19. The van der Waals surface area contributed by atoms with Crippen molar-refractivity contribution in [3.8, 4) is 5.75 Å². The van der Waals surface area contributed by atoms with E-state index in [9.17, 15) is 0 Å². The molecule has 0 amide bonds. The summed E-state index contributed by atoms with van der Waals surface area (Å²) in [5.41, 5.74) is 0. The fourth-order valence-electron chi connectivity index (χ4n) is 1.12. The summed E-state index contributed by atoms with van der Waals surface area (Å²) < 4.78 is 12.0. The van der Waals surface area contributed by atoms with E-state index in [2.05, 4.69) is 20.8 Å². The highest BCUT2D eigenvalue weighted by atomic mass is 79.9. The number of benzene rings is 1. The molecule has 0 fully saturated rings. The van der Waals surface area contributed by atoms with Gasteiger partial charge in [0.1, 0.15) is 12.4 Å². The van der Waals surface area contributed by atoms with Crippen molar-refractivity contribution in [3.63, 3.8) is 0 Å². The van der Waals surface area contributed by atoms with E-state index >= 15 is 0 Å². The third-order valence-corrected chi connectivity index (χ3v) is 2.47. The number of hydrogen-bond donors (Lipinski definition) is 0. The molecule has 0 aromatic heterocycles. The van der Waals surface area contributed by atoms with Gasteiger partial charge in [0.2, 0.25) is 0 Å². The standard InChI is InChI=1S/C12H18BrNO2/c1-14(2)6-7-15-8-9-16-12-5-3-4-11(13)10-12/h3-5,10H,6-9H2,1-2H3. The molecule has 0 saturated carbocycles. The Morgan fingerprint density at radius 1 is 1.19 bits per heavy atom. The van der Waals surface area contributed by atoms with E-state index in [1.54, 1.807) is 0 Å². The maximum atomic E-state index is 5.53. The summed E-state index contributed by atoms with van der Waals surface area (Å²) in [6.45, 7) is 2.90. The largest absolute Gasteiger partial charge is 0.491 e. The molecule has 90 valence electrons. The molecule has 0 aliphatic carbocycles. The second-order valence-corrected chi connectivity index (χ2v) is 4.64. The molecule has 0 radical (unpaired) electrons. The zero-order valence-corrected chi connectivity index (χ0v) is 11.4. The van der Waals surface area contributed by atoms with Crippen molar-refractivity contribution in [2.24, 2.45) is 0 Å². The summed E-state index contributed by atoms with van der Waals surface area (Å²) in [6.07, 6.45) is 0. The van der Waals surface area contributed by atoms with Gasteiger partial charge >= 0.3 is 0 Å². The van der Waals surface area contributed by atoms with Crippen LogP contribution in [0.25, 0.3) is 0 Å². The van der Waals surface area contributed by atoms with E-state index in [-0.39, 0.29) is 0 Å². The SMILES string of the molecule is CN(C)CCOCCOc1cccc(Br)c1. The summed E-state index contributed by atoms with van der Waals surface area (Å²) in [7, 11) is 4.06. The molecule has 3 nitrogen and oxygen atoms in total. The van der Waals surface area contributed by atoms with Crippen LogP contribution in [0.3, 0.4) is 0 Å². The van der Waals surface area contributed by atoms with Gasteiger partial charge in [-0.15, -0.1) is 0 Å². The van der Waals surface area contributed by atoms with E-state index in [0.717, 1.165) is 23.4 Å². The molecule has 1 rings (SSSR count). The Morgan fingerprint density at radius 3 is 2.69 bits per heavy atom. The van der Waals surface area contributed by atoms with Crippen LogP contribution in [-0.4, -0.2) is 45.4 Å². The normalized spacial score (nSPS) is 10.8. The maximum absolute atomic E-state index is 5.53. The maximum Gasteiger partial charge on any atom is 0.120 e. The van der Waals surface area contributed by atoms with Gasteiger partial charge in [-0.3, -0.25) is 0 Å². The van der Waals surface area contributed by atoms with Crippen molar-refractivity contribution in [2.75, 3.05) is 40.5 Å². The summed E-state index contributed by atoms with van der Waals surface area (Å²) in [5, 5.41) is 0. The lowest BCUT2D eigenvalue weighted by atomic mass is 10.3. The van der Waals surface area contributed by atoms with E-state index in [0.29, 0.717) is 13.2 Å². The summed E-state index contributed by atoms with van der Waals surface area (Å²) >= 11 is 3.40. The van der Waals surface area contributed by atoms with Crippen LogP contribution in [-0.2, 0) is 4.74 Å². The van der Waals surface area contributed by atoms with Gasteiger partial charge in [-0.05, 0) is 32.3 Å². The molecule has 4 heteroatoms. The molecule has 0 aliphatic heterocycles. The average molecular weight is 288 g/mol. The molecule has 0 heterocycles. The minimum atomic E-state index is 0.587. The van der Waals surface area contributed by atoms with Gasteiger partial charge in [0, 0.05) is 11.0 Å². The minimum absolute atomic E-state index is 0.587. The highest BCUT2D eigenvalue weighted by molar-refractivity contribution is 9.10. The lowest BCUT2D eigenvalue weighted by molar-refractivity contribution is 0.0890. The van der Waals surface area contributed by atoms with E-state index in [4.69, 9.17) is 9.47 Å². The fraction of sp³-hybridized carbons (Fsp3) is 0.500. The Bertz CT molecular complexity index is 305. The van der Waals surface area contributed by atoms with Crippen LogP contribution in [0.2, 0.25) is 0 Å². The molecule has 0 saturated heterocycles. The molecule has 0 spiro atoms. The first-order valence-electron chi connectivity index (χ1n) is 5.29. The number of halogens is 1. The third-order valence-electron chi connectivity index (χ3n) is 1.98. The molecule has 0 N–H and O–H groups in total. The summed E-state index contributed by atoms with van der Waals surface area (Å²) in [4.78, 5) is 2.09. The first-order valence-corrected chi connectivity index (χ1v) is 6.08. The van der Waals surface area contributed by atoms with Crippen LogP contribution in [0, 0.1) is 0 Å². The Kier molecular flexibility index (Phi) is 6.45. The molecule has 1 aromatic rings. The second kappa shape index (κ2) is 7.65. The molecular weight excluding hydrogens is 270 g/mol. The van der Waals surface area contributed by atoms with Gasteiger partial charge in [0.25, 0.3) is 0 Å². The van der Waals surface area contributed by atoms with Crippen molar-refractivity contribution < 1.29 is 9.47 Å². The van der Waals surface area contributed by atoms with Crippen molar-refractivity contribution in [1.82, 2.24) is 4.90 Å². The number of rotatable bonds is 7. The predicted molar refractivity (Wildman–Crippen MR) is 69.0 cm³/mol. The zero-order chi connectivity index (χ0) is 11.8. The highest BCUT2D eigenvalue weighted by Crippen LogP contribution is 2.17. The van der Waals surface area contributed by atoms with E-state index in [1.807, 2.05) is 38.4 Å². The Morgan fingerprint density at radius 2 is 2.00 bits per heavy atom. The van der Waals surface area contributed by atoms with Crippen molar-refractivity contribution >= 4 is 15.9 Å². The smallest absolute Gasteiger partial charge is 0.120 e. The Labute approximate surface area is 105 Å². The number of ether oxygens (including phenoxy) is 2.